The minimum Gasteiger partial charge on any atom is -0.384 e. The Balaban J connectivity index is 2.06. The Morgan fingerprint density at radius 3 is 2.38 bits per heavy atom. The van der Waals surface area contributed by atoms with Gasteiger partial charge in [-0.05, 0) is 35.9 Å². The van der Waals surface area contributed by atoms with Crippen LogP contribution in [0.5, 0.6) is 0 Å². The quantitative estimate of drug-likeness (QED) is 0.767. The van der Waals surface area contributed by atoms with Gasteiger partial charge in [-0.15, -0.1) is 0 Å². The van der Waals surface area contributed by atoms with Gasteiger partial charge in [0.2, 0.25) is 0 Å². The van der Waals surface area contributed by atoms with E-state index in [0.717, 1.165) is 12.1 Å². The predicted octanol–water partition coefficient (Wildman–Crippen LogP) is 4.21. The van der Waals surface area contributed by atoms with Crippen molar-refractivity contribution in [1.29, 1.82) is 5.26 Å². The van der Waals surface area contributed by atoms with Gasteiger partial charge in [-0.1, -0.05) is 18.2 Å². The van der Waals surface area contributed by atoms with Crippen LogP contribution in [0.3, 0.4) is 0 Å². The summed E-state index contributed by atoms with van der Waals surface area (Å²) >= 11 is 0. The first-order valence-corrected chi connectivity index (χ1v) is 7.05. The summed E-state index contributed by atoms with van der Waals surface area (Å²) < 4.78 is 37.9. The SMILES string of the molecule is N#Cc1ccc(C(O)c2ccc(C(F)(F)F)cc2)c2ncccc12. The van der Waals surface area contributed by atoms with Gasteiger partial charge >= 0.3 is 6.18 Å². The van der Waals surface area contributed by atoms with Crippen molar-refractivity contribution in [2.45, 2.75) is 12.3 Å². The second-order valence-corrected chi connectivity index (χ2v) is 5.24. The molecule has 1 unspecified atom stereocenters. The Hall–Kier alpha value is -2.91. The molecule has 1 atom stereocenters. The molecule has 0 aliphatic rings. The number of aromatic nitrogens is 1. The molecule has 0 radical (unpaired) electrons. The molecule has 3 rings (SSSR count). The average molecular weight is 328 g/mol. The average Bonchev–Trinajstić information content (AvgIpc) is 2.59. The molecule has 1 heterocycles. The van der Waals surface area contributed by atoms with E-state index < -0.39 is 17.8 Å². The molecule has 24 heavy (non-hydrogen) atoms. The maximum atomic E-state index is 12.6. The summed E-state index contributed by atoms with van der Waals surface area (Å²) in [6.07, 6.45) is -4.03. The fraction of sp³-hybridized carbons (Fsp3) is 0.111. The molecule has 3 aromatic rings. The smallest absolute Gasteiger partial charge is 0.384 e. The Bertz CT molecular complexity index is 928. The summed E-state index contributed by atoms with van der Waals surface area (Å²) in [7, 11) is 0. The first-order chi connectivity index (χ1) is 11.4. The van der Waals surface area contributed by atoms with E-state index in [1.807, 2.05) is 0 Å². The maximum Gasteiger partial charge on any atom is 0.416 e. The zero-order chi connectivity index (χ0) is 17.3. The van der Waals surface area contributed by atoms with E-state index in [-0.39, 0.29) is 0 Å². The summed E-state index contributed by atoms with van der Waals surface area (Å²) in [6, 6.07) is 12.9. The van der Waals surface area contributed by atoms with Crippen LogP contribution >= 0.6 is 0 Å². The first kappa shape index (κ1) is 16.0. The molecule has 0 aliphatic heterocycles. The lowest BCUT2D eigenvalue weighted by Gasteiger charge is -2.15. The Labute approximate surface area is 135 Å². The molecule has 0 bridgehead atoms. The second kappa shape index (κ2) is 5.95. The molecular formula is C18H11F3N2O. The van der Waals surface area contributed by atoms with Gasteiger partial charge < -0.3 is 5.11 Å². The van der Waals surface area contributed by atoms with E-state index in [1.165, 1.54) is 18.3 Å². The Morgan fingerprint density at radius 1 is 1.04 bits per heavy atom. The van der Waals surface area contributed by atoms with Crippen LogP contribution in [0.2, 0.25) is 0 Å². The molecule has 0 amide bonds. The lowest BCUT2D eigenvalue weighted by atomic mass is 9.96. The van der Waals surface area contributed by atoms with Gasteiger partial charge in [-0.25, -0.2) is 0 Å². The van der Waals surface area contributed by atoms with Crippen LogP contribution in [0.25, 0.3) is 10.9 Å². The van der Waals surface area contributed by atoms with E-state index in [2.05, 4.69) is 11.1 Å². The molecule has 2 aromatic carbocycles. The zero-order valence-electron chi connectivity index (χ0n) is 12.2. The number of rotatable bonds is 2. The van der Waals surface area contributed by atoms with E-state index in [0.29, 0.717) is 27.6 Å². The third-order valence-corrected chi connectivity index (χ3v) is 3.77. The summed E-state index contributed by atoms with van der Waals surface area (Å²) in [5.41, 5.74) is 0.843. The van der Waals surface area contributed by atoms with Crippen molar-refractivity contribution in [2.75, 3.05) is 0 Å². The number of halogens is 3. The number of aliphatic hydroxyl groups is 1. The molecule has 0 saturated heterocycles. The molecule has 0 aliphatic carbocycles. The monoisotopic (exact) mass is 328 g/mol. The highest BCUT2D eigenvalue weighted by Gasteiger charge is 2.30. The van der Waals surface area contributed by atoms with Crippen LogP contribution < -0.4 is 0 Å². The van der Waals surface area contributed by atoms with E-state index in [4.69, 9.17) is 5.26 Å². The topological polar surface area (TPSA) is 56.9 Å². The van der Waals surface area contributed by atoms with Crippen molar-refractivity contribution in [3.8, 4) is 6.07 Å². The summed E-state index contributed by atoms with van der Waals surface area (Å²) in [6.45, 7) is 0. The maximum absolute atomic E-state index is 12.6. The number of hydrogen-bond acceptors (Lipinski definition) is 3. The summed E-state index contributed by atoms with van der Waals surface area (Å²) in [4.78, 5) is 4.20. The van der Waals surface area contributed by atoms with Crippen LogP contribution in [0.15, 0.2) is 54.7 Å². The number of nitrogens with zero attached hydrogens (tertiary/aromatic N) is 2. The minimum absolute atomic E-state index is 0.319. The fourth-order valence-corrected chi connectivity index (χ4v) is 2.55. The molecule has 0 spiro atoms. The third-order valence-electron chi connectivity index (χ3n) is 3.77. The number of hydrogen-bond donors (Lipinski definition) is 1. The van der Waals surface area contributed by atoms with Gasteiger partial charge in [0.1, 0.15) is 6.10 Å². The fourth-order valence-electron chi connectivity index (χ4n) is 2.55. The molecular weight excluding hydrogens is 317 g/mol. The van der Waals surface area contributed by atoms with Gasteiger partial charge in [-0.2, -0.15) is 18.4 Å². The van der Waals surface area contributed by atoms with Gasteiger partial charge in [0.15, 0.2) is 0 Å². The van der Waals surface area contributed by atoms with Gasteiger partial charge in [-0.3, -0.25) is 4.98 Å². The van der Waals surface area contributed by atoms with E-state index in [9.17, 15) is 18.3 Å². The number of pyridine rings is 1. The molecule has 1 aromatic heterocycles. The Morgan fingerprint density at radius 2 is 1.75 bits per heavy atom. The number of nitriles is 1. The number of alkyl halides is 3. The summed E-state index contributed by atoms with van der Waals surface area (Å²) in [5, 5.41) is 20.3. The van der Waals surface area contributed by atoms with Gasteiger partial charge in [0, 0.05) is 17.1 Å². The van der Waals surface area contributed by atoms with E-state index in [1.54, 1.807) is 24.3 Å². The van der Waals surface area contributed by atoms with Gasteiger partial charge in [0.25, 0.3) is 0 Å². The van der Waals surface area contributed by atoms with Crippen LogP contribution in [-0.4, -0.2) is 10.1 Å². The van der Waals surface area contributed by atoms with Crippen molar-refractivity contribution < 1.29 is 18.3 Å². The minimum atomic E-state index is -4.42. The van der Waals surface area contributed by atoms with Gasteiger partial charge in [0.05, 0.1) is 22.7 Å². The van der Waals surface area contributed by atoms with Crippen LogP contribution in [0.4, 0.5) is 13.2 Å². The second-order valence-electron chi connectivity index (χ2n) is 5.24. The van der Waals surface area contributed by atoms with Crippen LogP contribution in [0.1, 0.15) is 28.4 Å². The van der Waals surface area contributed by atoms with Crippen molar-refractivity contribution in [1.82, 2.24) is 4.98 Å². The van der Waals surface area contributed by atoms with Crippen LogP contribution in [0, 0.1) is 11.3 Å². The van der Waals surface area contributed by atoms with Crippen molar-refractivity contribution in [3.05, 3.63) is 77.0 Å². The molecule has 1 N–H and O–H groups in total. The molecule has 0 saturated carbocycles. The predicted molar refractivity (Wildman–Crippen MR) is 82.0 cm³/mol. The zero-order valence-corrected chi connectivity index (χ0v) is 12.2. The lowest BCUT2D eigenvalue weighted by Crippen LogP contribution is -2.06. The first-order valence-electron chi connectivity index (χ1n) is 7.05. The molecule has 0 fully saturated rings. The lowest BCUT2D eigenvalue weighted by molar-refractivity contribution is -0.137. The van der Waals surface area contributed by atoms with Crippen molar-refractivity contribution >= 4 is 10.9 Å². The highest BCUT2D eigenvalue weighted by Crippen LogP contribution is 2.33. The molecule has 6 heteroatoms. The largest absolute Gasteiger partial charge is 0.416 e. The van der Waals surface area contributed by atoms with Crippen LogP contribution in [-0.2, 0) is 6.18 Å². The highest BCUT2D eigenvalue weighted by atomic mass is 19.4. The van der Waals surface area contributed by atoms with E-state index >= 15 is 0 Å². The number of fused-ring (bicyclic) bond motifs is 1. The molecule has 120 valence electrons. The van der Waals surface area contributed by atoms with Crippen molar-refractivity contribution in [2.24, 2.45) is 0 Å². The summed E-state index contributed by atoms with van der Waals surface area (Å²) in [5.74, 6) is 0. The number of benzene rings is 2. The highest BCUT2D eigenvalue weighted by molar-refractivity contribution is 5.87. The Kier molecular flexibility index (Phi) is 3.96. The van der Waals surface area contributed by atoms with Crippen molar-refractivity contribution in [3.63, 3.8) is 0 Å². The standard InChI is InChI=1S/C18H11F3N2O/c19-18(20,21)13-6-3-11(4-7-13)17(24)15-8-5-12(10-22)14-2-1-9-23-16(14)15/h1-9,17,24H. The normalized spacial score (nSPS) is 12.8. The number of aliphatic hydroxyl groups excluding tert-OH is 1. The third kappa shape index (κ3) is 2.82. The molecule has 3 nitrogen and oxygen atoms in total.